The highest BCUT2D eigenvalue weighted by Crippen LogP contribution is 2.31. The van der Waals surface area contributed by atoms with E-state index in [-0.39, 0.29) is 23.3 Å². The number of aryl methyl sites for hydroxylation is 1. The Morgan fingerprint density at radius 3 is 2.74 bits per heavy atom. The molecule has 1 aromatic heterocycles. The van der Waals surface area contributed by atoms with Crippen molar-refractivity contribution in [1.29, 1.82) is 0 Å². The normalized spacial score (nSPS) is 25.3. The van der Waals surface area contributed by atoms with Gasteiger partial charge >= 0.3 is 0 Å². The highest BCUT2D eigenvalue weighted by Gasteiger charge is 2.32. The van der Waals surface area contributed by atoms with Gasteiger partial charge in [0.15, 0.2) is 0 Å². The molecule has 3 aliphatic heterocycles. The summed E-state index contributed by atoms with van der Waals surface area (Å²) in [5.74, 6) is -1.66. The molecule has 0 spiro atoms. The van der Waals surface area contributed by atoms with Crippen LogP contribution in [0.25, 0.3) is 5.57 Å². The lowest BCUT2D eigenvalue weighted by molar-refractivity contribution is -0.0722. The number of anilines is 2. The molecule has 1 aromatic carbocycles. The van der Waals surface area contributed by atoms with Crippen molar-refractivity contribution in [2.24, 2.45) is 0 Å². The van der Waals surface area contributed by atoms with Gasteiger partial charge in [-0.05, 0) is 61.9 Å². The first-order chi connectivity index (χ1) is 18.8. The Morgan fingerprint density at radius 1 is 1.21 bits per heavy atom. The maximum absolute atomic E-state index is 15.0. The molecule has 0 radical (unpaired) electrons. The van der Waals surface area contributed by atoms with Gasteiger partial charge in [0.2, 0.25) is 5.95 Å². The SMILES string of the molecule is Cc1cc(F)c(C(=O)NC2CC2)cc1N1C=C(c2cc(N[C@H]3CCN(CC4CCO4)C[C@H]3F)cnc2F)CN1. The van der Waals surface area contributed by atoms with E-state index in [0.29, 0.717) is 42.0 Å². The zero-order valence-corrected chi connectivity index (χ0v) is 21.9. The third kappa shape index (κ3) is 5.75. The summed E-state index contributed by atoms with van der Waals surface area (Å²) in [4.78, 5) is 18.5. The molecule has 3 fully saturated rings. The van der Waals surface area contributed by atoms with Crippen molar-refractivity contribution in [2.45, 2.75) is 57.0 Å². The molecular weight excluding hydrogens is 509 g/mol. The summed E-state index contributed by atoms with van der Waals surface area (Å²) in [5, 5.41) is 7.69. The van der Waals surface area contributed by atoms with Gasteiger partial charge in [-0.25, -0.2) is 19.2 Å². The number of halogens is 3. The number of likely N-dealkylation sites (tertiary alicyclic amines) is 1. The topological polar surface area (TPSA) is 81.8 Å². The zero-order chi connectivity index (χ0) is 27.1. The fraction of sp³-hybridized carbons (Fsp3) is 0.500. The molecule has 208 valence electrons. The van der Waals surface area contributed by atoms with Crippen LogP contribution in [0.4, 0.5) is 24.5 Å². The molecule has 1 unspecified atom stereocenters. The molecule has 6 rings (SSSR count). The third-order valence-corrected chi connectivity index (χ3v) is 7.84. The summed E-state index contributed by atoms with van der Waals surface area (Å²) < 4.78 is 49.9. The van der Waals surface area contributed by atoms with Gasteiger partial charge in [-0.1, -0.05) is 0 Å². The Hall–Kier alpha value is -3.15. The van der Waals surface area contributed by atoms with E-state index in [1.54, 1.807) is 24.2 Å². The molecule has 1 aliphatic carbocycles. The predicted molar refractivity (Wildman–Crippen MR) is 142 cm³/mol. The first kappa shape index (κ1) is 26.1. The molecular formula is C28H33F3N6O2. The van der Waals surface area contributed by atoms with E-state index in [2.05, 4.69) is 25.9 Å². The molecule has 0 bridgehead atoms. The lowest BCUT2D eigenvalue weighted by Gasteiger charge is -2.39. The minimum Gasteiger partial charge on any atom is -0.378 e. The van der Waals surface area contributed by atoms with Gasteiger partial charge in [0.25, 0.3) is 5.91 Å². The van der Waals surface area contributed by atoms with Gasteiger partial charge in [0, 0.05) is 50.6 Å². The molecule has 3 atom stereocenters. The number of nitrogens with one attached hydrogen (secondary N) is 3. The Morgan fingerprint density at radius 2 is 2.03 bits per heavy atom. The van der Waals surface area contributed by atoms with E-state index in [9.17, 15) is 18.0 Å². The van der Waals surface area contributed by atoms with Crippen LogP contribution < -0.4 is 21.1 Å². The zero-order valence-electron chi connectivity index (χ0n) is 21.9. The van der Waals surface area contributed by atoms with Crippen LogP contribution in [-0.2, 0) is 4.74 Å². The smallest absolute Gasteiger partial charge is 0.254 e. The number of aromatic nitrogens is 1. The maximum atomic E-state index is 15.0. The van der Waals surface area contributed by atoms with Crippen LogP contribution in [0.3, 0.4) is 0 Å². The molecule has 4 aliphatic rings. The van der Waals surface area contributed by atoms with Crippen molar-refractivity contribution >= 4 is 22.9 Å². The average molecular weight is 543 g/mol. The fourth-order valence-electron chi connectivity index (χ4n) is 5.30. The van der Waals surface area contributed by atoms with Crippen LogP contribution in [0, 0.1) is 18.7 Å². The minimum absolute atomic E-state index is 0.0303. The van der Waals surface area contributed by atoms with Crippen LogP contribution in [-0.4, -0.2) is 72.9 Å². The largest absolute Gasteiger partial charge is 0.378 e. The van der Waals surface area contributed by atoms with Crippen molar-refractivity contribution in [3.05, 3.63) is 59.1 Å². The van der Waals surface area contributed by atoms with Crippen LogP contribution in [0.15, 0.2) is 30.6 Å². The van der Waals surface area contributed by atoms with Gasteiger partial charge in [-0.3, -0.25) is 14.7 Å². The number of amides is 1. The summed E-state index contributed by atoms with van der Waals surface area (Å²) in [7, 11) is 0. The van der Waals surface area contributed by atoms with Crippen LogP contribution >= 0.6 is 0 Å². The number of carbonyl (C=O) groups excluding carboxylic acids is 1. The fourth-order valence-corrected chi connectivity index (χ4v) is 5.30. The highest BCUT2D eigenvalue weighted by molar-refractivity contribution is 5.96. The van der Waals surface area contributed by atoms with Gasteiger partial charge in [-0.2, -0.15) is 4.39 Å². The molecule has 1 amide bonds. The Bertz CT molecular complexity index is 1280. The molecule has 39 heavy (non-hydrogen) atoms. The number of hydrazine groups is 1. The lowest BCUT2D eigenvalue weighted by atomic mass is 10.0. The minimum atomic E-state index is -1.07. The van der Waals surface area contributed by atoms with Crippen LogP contribution in [0.5, 0.6) is 0 Å². The van der Waals surface area contributed by atoms with Crippen LogP contribution in [0.2, 0.25) is 0 Å². The number of pyridine rings is 1. The summed E-state index contributed by atoms with van der Waals surface area (Å²) in [6.45, 7) is 4.69. The van der Waals surface area contributed by atoms with Crippen molar-refractivity contribution in [1.82, 2.24) is 20.6 Å². The Balaban J connectivity index is 1.15. The lowest BCUT2D eigenvalue weighted by Crippen LogP contribution is -2.51. The standard InChI is InChI=1S/C28H33F3N6O2/c1-16-8-23(29)22(28(38)35-18-2-3-18)10-26(16)37-13-17(11-33-37)21-9-19(12-32-27(21)31)34-25-4-6-36(15-24(25)30)14-20-5-7-39-20/h8-10,12-13,18,20,24-25,33-34H,2-7,11,14-15H2,1H3,(H,35,38)/t20?,24-,25+/m1/s1. The van der Waals surface area contributed by atoms with Crippen LogP contribution in [0.1, 0.15) is 47.2 Å². The second kappa shape index (κ2) is 10.8. The van der Waals surface area contributed by atoms with Crippen molar-refractivity contribution in [3.8, 4) is 0 Å². The summed E-state index contributed by atoms with van der Waals surface area (Å²) in [6.07, 6.45) is 5.70. The van der Waals surface area contributed by atoms with Crippen molar-refractivity contribution < 1.29 is 22.7 Å². The Kier molecular flexibility index (Phi) is 7.22. The van der Waals surface area contributed by atoms with E-state index in [4.69, 9.17) is 4.74 Å². The van der Waals surface area contributed by atoms with Gasteiger partial charge in [0.05, 0.1) is 35.3 Å². The third-order valence-electron chi connectivity index (χ3n) is 7.84. The molecule has 2 aromatic rings. The summed E-state index contributed by atoms with van der Waals surface area (Å²) in [6, 6.07) is 4.20. The number of ether oxygens (including phenoxy) is 1. The van der Waals surface area contributed by atoms with Gasteiger partial charge < -0.3 is 15.4 Å². The van der Waals surface area contributed by atoms with Crippen molar-refractivity contribution in [2.75, 3.05) is 43.1 Å². The van der Waals surface area contributed by atoms with E-state index < -0.39 is 29.9 Å². The number of piperidine rings is 1. The number of hydrogen-bond donors (Lipinski definition) is 3. The summed E-state index contributed by atoms with van der Waals surface area (Å²) >= 11 is 0. The molecule has 4 heterocycles. The number of alkyl halides is 1. The van der Waals surface area contributed by atoms with Gasteiger partial charge in [0.1, 0.15) is 12.0 Å². The van der Waals surface area contributed by atoms with E-state index >= 15 is 0 Å². The number of hydrogen-bond acceptors (Lipinski definition) is 7. The van der Waals surface area contributed by atoms with E-state index in [0.717, 1.165) is 39.0 Å². The average Bonchev–Trinajstić information content (AvgIpc) is 3.56. The first-order valence-electron chi connectivity index (χ1n) is 13.6. The highest BCUT2D eigenvalue weighted by atomic mass is 19.1. The second-order valence-electron chi connectivity index (χ2n) is 10.9. The molecule has 8 nitrogen and oxygen atoms in total. The molecule has 1 saturated carbocycles. The molecule has 3 N–H and O–H groups in total. The number of nitrogens with zero attached hydrogens (tertiary/aromatic N) is 3. The maximum Gasteiger partial charge on any atom is 0.254 e. The number of carbonyl (C=O) groups is 1. The molecule has 11 heteroatoms. The monoisotopic (exact) mass is 542 g/mol. The van der Waals surface area contributed by atoms with Gasteiger partial charge in [-0.15, -0.1) is 0 Å². The number of rotatable bonds is 8. The summed E-state index contributed by atoms with van der Waals surface area (Å²) in [5.41, 5.74) is 5.81. The van der Waals surface area contributed by atoms with Crippen molar-refractivity contribution in [3.63, 3.8) is 0 Å². The molecule has 2 saturated heterocycles. The quantitative estimate of drug-likeness (QED) is 0.441. The van der Waals surface area contributed by atoms with E-state index in [1.807, 2.05) is 0 Å². The number of benzene rings is 1. The second-order valence-corrected chi connectivity index (χ2v) is 10.9. The first-order valence-corrected chi connectivity index (χ1v) is 13.6. The Labute approximate surface area is 225 Å². The van der Waals surface area contributed by atoms with E-state index in [1.165, 1.54) is 18.3 Å². The predicted octanol–water partition coefficient (Wildman–Crippen LogP) is 3.54.